The maximum absolute atomic E-state index is 12.4. The van der Waals surface area contributed by atoms with Crippen molar-refractivity contribution in [3.8, 4) is 5.75 Å². The molecule has 0 bridgehead atoms. The Balaban J connectivity index is 2.06. The summed E-state index contributed by atoms with van der Waals surface area (Å²) in [6.45, 7) is 4.81. The summed E-state index contributed by atoms with van der Waals surface area (Å²) in [6, 6.07) is 3.88. The van der Waals surface area contributed by atoms with Gasteiger partial charge in [-0.1, -0.05) is 13.8 Å². The highest BCUT2D eigenvalue weighted by Crippen LogP contribution is 2.34. The van der Waals surface area contributed by atoms with Crippen molar-refractivity contribution >= 4 is 17.4 Å². The van der Waals surface area contributed by atoms with Crippen molar-refractivity contribution in [3.05, 3.63) is 24.0 Å². The van der Waals surface area contributed by atoms with Crippen LogP contribution in [-0.4, -0.2) is 28.9 Å². The van der Waals surface area contributed by atoms with E-state index < -0.39 is 0 Å². The first-order chi connectivity index (χ1) is 10.7. The molecule has 1 amide bonds. The van der Waals surface area contributed by atoms with Crippen LogP contribution < -0.4 is 9.64 Å². The van der Waals surface area contributed by atoms with E-state index >= 15 is 0 Å². The highest BCUT2D eigenvalue weighted by molar-refractivity contribution is 5.96. The van der Waals surface area contributed by atoms with Gasteiger partial charge < -0.3 is 4.74 Å². The van der Waals surface area contributed by atoms with E-state index in [0.717, 1.165) is 48.6 Å². The van der Waals surface area contributed by atoms with Gasteiger partial charge in [0.1, 0.15) is 5.82 Å². The lowest BCUT2D eigenvalue weighted by Crippen LogP contribution is -2.29. The average molecular weight is 301 g/mol. The number of carbonyl (C=O) groups excluding carboxylic acids is 1. The molecule has 5 nitrogen and oxygen atoms in total. The lowest BCUT2D eigenvalue weighted by Gasteiger charge is -2.18. The monoisotopic (exact) mass is 301 g/mol. The third-order valence-electron chi connectivity index (χ3n) is 4.03. The molecule has 0 unspecified atom stereocenters. The maximum atomic E-state index is 12.4. The molecule has 0 atom stereocenters. The van der Waals surface area contributed by atoms with Crippen LogP contribution in [0.1, 0.15) is 38.8 Å². The zero-order valence-electron chi connectivity index (χ0n) is 13.5. The largest absolute Gasteiger partial charge is 0.490 e. The van der Waals surface area contributed by atoms with Gasteiger partial charge in [-0.15, -0.1) is 0 Å². The topological polar surface area (TPSA) is 46.8 Å². The molecule has 0 spiro atoms. The number of carbonyl (C=O) groups is 1. The SMILES string of the molecule is CCCOc1cccn2c(N(C)C(=O)C3CC3)c(CC)nc12. The summed E-state index contributed by atoms with van der Waals surface area (Å²) in [4.78, 5) is 18.9. The van der Waals surface area contributed by atoms with Crippen LogP contribution in [0.3, 0.4) is 0 Å². The fourth-order valence-corrected chi connectivity index (χ4v) is 2.70. The molecule has 3 rings (SSSR count). The summed E-state index contributed by atoms with van der Waals surface area (Å²) >= 11 is 0. The lowest BCUT2D eigenvalue weighted by molar-refractivity contribution is -0.119. The van der Waals surface area contributed by atoms with Crippen LogP contribution in [0.15, 0.2) is 18.3 Å². The molecule has 0 aliphatic heterocycles. The minimum Gasteiger partial charge on any atom is -0.490 e. The predicted octanol–water partition coefficient (Wildman–Crippen LogP) is 3.06. The van der Waals surface area contributed by atoms with Crippen LogP contribution in [0.2, 0.25) is 0 Å². The fourth-order valence-electron chi connectivity index (χ4n) is 2.70. The molecule has 0 saturated heterocycles. The van der Waals surface area contributed by atoms with Gasteiger partial charge in [0.05, 0.1) is 12.3 Å². The summed E-state index contributed by atoms with van der Waals surface area (Å²) in [5, 5.41) is 0. The second-order valence-corrected chi connectivity index (χ2v) is 5.82. The molecule has 2 aromatic heterocycles. The number of hydrogen-bond donors (Lipinski definition) is 0. The van der Waals surface area contributed by atoms with Crippen LogP contribution in [0.5, 0.6) is 5.75 Å². The number of anilines is 1. The predicted molar refractivity (Wildman–Crippen MR) is 86.5 cm³/mol. The van der Waals surface area contributed by atoms with Crippen molar-refractivity contribution in [3.63, 3.8) is 0 Å². The van der Waals surface area contributed by atoms with Gasteiger partial charge in [0.15, 0.2) is 11.4 Å². The van der Waals surface area contributed by atoms with E-state index in [1.54, 1.807) is 4.90 Å². The molecule has 1 saturated carbocycles. The summed E-state index contributed by atoms with van der Waals surface area (Å²) in [5.74, 6) is 2.03. The third-order valence-corrected chi connectivity index (χ3v) is 4.03. The van der Waals surface area contributed by atoms with E-state index in [1.165, 1.54) is 0 Å². The smallest absolute Gasteiger partial charge is 0.231 e. The molecule has 0 aromatic carbocycles. The first-order valence-corrected chi connectivity index (χ1v) is 8.07. The Morgan fingerprint density at radius 1 is 1.45 bits per heavy atom. The summed E-state index contributed by atoms with van der Waals surface area (Å²) in [7, 11) is 1.85. The standard InChI is InChI=1S/C17H23N3O2/c1-4-11-22-14-7-6-10-20-15(14)18-13(5-2)16(20)19(3)17(21)12-8-9-12/h6-7,10,12H,4-5,8-9,11H2,1-3H3. The van der Waals surface area contributed by atoms with Crippen molar-refractivity contribution in [2.45, 2.75) is 39.5 Å². The summed E-state index contributed by atoms with van der Waals surface area (Å²) < 4.78 is 7.77. The molecule has 1 aliphatic carbocycles. The minimum absolute atomic E-state index is 0.191. The molecule has 118 valence electrons. The van der Waals surface area contributed by atoms with E-state index in [0.29, 0.717) is 6.61 Å². The average Bonchev–Trinajstić information content (AvgIpc) is 3.31. The molecule has 1 fully saturated rings. The highest BCUT2D eigenvalue weighted by Gasteiger charge is 2.34. The molecule has 0 N–H and O–H groups in total. The Hall–Kier alpha value is -2.04. The van der Waals surface area contributed by atoms with Gasteiger partial charge in [0.25, 0.3) is 0 Å². The Kier molecular flexibility index (Phi) is 4.05. The van der Waals surface area contributed by atoms with Gasteiger partial charge in [-0.05, 0) is 37.8 Å². The number of rotatable bonds is 6. The quantitative estimate of drug-likeness (QED) is 0.824. The van der Waals surface area contributed by atoms with Crippen molar-refractivity contribution in [1.29, 1.82) is 0 Å². The van der Waals surface area contributed by atoms with Gasteiger partial charge >= 0.3 is 0 Å². The van der Waals surface area contributed by atoms with Gasteiger partial charge in [0.2, 0.25) is 5.91 Å². The number of pyridine rings is 1. The molecule has 2 aromatic rings. The second kappa shape index (κ2) is 5.99. The van der Waals surface area contributed by atoms with E-state index in [9.17, 15) is 4.79 Å². The Morgan fingerprint density at radius 2 is 2.23 bits per heavy atom. The van der Waals surface area contributed by atoms with Crippen LogP contribution in [0.4, 0.5) is 5.82 Å². The minimum atomic E-state index is 0.191. The van der Waals surface area contributed by atoms with Gasteiger partial charge in [0, 0.05) is 19.2 Å². The first-order valence-electron chi connectivity index (χ1n) is 8.07. The number of imidazole rings is 1. The number of hydrogen-bond acceptors (Lipinski definition) is 3. The van der Waals surface area contributed by atoms with Crippen molar-refractivity contribution in [1.82, 2.24) is 9.38 Å². The van der Waals surface area contributed by atoms with Gasteiger partial charge in [-0.25, -0.2) is 4.98 Å². The first kappa shape index (κ1) is 14.9. The summed E-state index contributed by atoms with van der Waals surface area (Å²) in [6.07, 6.45) is 5.70. The number of amides is 1. The highest BCUT2D eigenvalue weighted by atomic mass is 16.5. The molecule has 0 radical (unpaired) electrons. The van der Waals surface area contributed by atoms with Crippen molar-refractivity contribution in [2.75, 3.05) is 18.6 Å². The van der Waals surface area contributed by atoms with Crippen LogP contribution >= 0.6 is 0 Å². The Labute approximate surface area is 130 Å². The maximum Gasteiger partial charge on any atom is 0.231 e. The van der Waals surface area contributed by atoms with Gasteiger partial charge in [-0.3, -0.25) is 14.1 Å². The molecule has 22 heavy (non-hydrogen) atoms. The number of aryl methyl sites for hydroxylation is 1. The van der Waals surface area contributed by atoms with E-state index in [1.807, 2.05) is 29.8 Å². The van der Waals surface area contributed by atoms with E-state index in [2.05, 4.69) is 13.8 Å². The molecular formula is C17H23N3O2. The van der Waals surface area contributed by atoms with E-state index in [4.69, 9.17) is 9.72 Å². The molecule has 2 heterocycles. The number of ether oxygens (including phenoxy) is 1. The number of nitrogens with zero attached hydrogens (tertiary/aromatic N) is 3. The van der Waals surface area contributed by atoms with Crippen LogP contribution in [0, 0.1) is 5.92 Å². The third kappa shape index (κ3) is 2.56. The molecule has 1 aliphatic rings. The van der Waals surface area contributed by atoms with Crippen molar-refractivity contribution < 1.29 is 9.53 Å². The van der Waals surface area contributed by atoms with Crippen LogP contribution in [0.25, 0.3) is 5.65 Å². The van der Waals surface area contributed by atoms with E-state index in [-0.39, 0.29) is 11.8 Å². The normalized spacial score (nSPS) is 14.3. The zero-order chi connectivity index (χ0) is 15.7. The Bertz CT molecular complexity index is 689. The molecule has 5 heteroatoms. The summed E-state index contributed by atoms with van der Waals surface area (Å²) in [5.41, 5.74) is 1.72. The van der Waals surface area contributed by atoms with Crippen LogP contribution in [-0.2, 0) is 11.2 Å². The zero-order valence-corrected chi connectivity index (χ0v) is 13.5. The fraction of sp³-hybridized carbons (Fsp3) is 0.529. The lowest BCUT2D eigenvalue weighted by atomic mass is 10.3. The number of aromatic nitrogens is 2. The van der Waals surface area contributed by atoms with Crippen molar-refractivity contribution in [2.24, 2.45) is 5.92 Å². The molecular weight excluding hydrogens is 278 g/mol. The van der Waals surface area contributed by atoms with Gasteiger partial charge in [-0.2, -0.15) is 0 Å². The second-order valence-electron chi connectivity index (χ2n) is 5.82. The Morgan fingerprint density at radius 3 is 2.86 bits per heavy atom. The number of fused-ring (bicyclic) bond motifs is 1.